The minimum absolute atomic E-state index is 0.0417. The van der Waals surface area contributed by atoms with Gasteiger partial charge in [0.05, 0.1) is 18.6 Å². The van der Waals surface area contributed by atoms with Crippen molar-refractivity contribution in [2.75, 3.05) is 13.7 Å². The summed E-state index contributed by atoms with van der Waals surface area (Å²) in [7, 11) is 1.23. The van der Waals surface area contributed by atoms with E-state index in [4.69, 9.17) is 0 Å². The first-order valence-corrected chi connectivity index (χ1v) is 5.88. The quantitative estimate of drug-likeness (QED) is 0.449. The number of hydrogen-bond acceptors (Lipinski definition) is 6. The van der Waals surface area contributed by atoms with Gasteiger partial charge in [-0.1, -0.05) is 0 Å². The van der Waals surface area contributed by atoms with Crippen molar-refractivity contribution in [3.05, 3.63) is 21.5 Å². The fourth-order valence-electron chi connectivity index (χ4n) is 1.71. The Balaban J connectivity index is 2.58. The van der Waals surface area contributed by atoms with Crippen LogP contribution in [0.2, 0.25) is 0 Å². The number of esters is 1. The molecule has 0 unspecified atom stereocenters. The molecule has 1 N–H and O–H groups in total. The van der Waals surface area contributed by atoms with Crippen LogP contribution in [0.3, 0.4) is 0 Å². The fourth-order valence-corrected chi connectivity index (χ4v) is 1.71. The number of nitrogens with zero attached hydrogens (tertiary/aromatic N) is 3. The average molecular weight is 284 g/mol. The summed E-state index contributed by atoms with van der Waals surface area (Å²) < 4.78 is 5.79. The molecule has 0 aliphatic rings. The number of rotatable bonds is 6. The highest BCUT2D eigenvalue weighted by molar-refractivity contribution is 5.81. The summed E-state index contributed by atoms with van der Waals surface area (Å²) in [6.45, 7) is 3.11. The number of nitro groups is 1. The molecule has 1 aromatic rings. The molecule has 1 heterocycles. The third kappa shape index (κ3) is 3.77. The molecule has 1 amide bonds. The van der Waals surface area contributed by atoms with Gasteiger partial charge in [-0.3, -0.25) is 24.4 Å². The maximum Gasteiger partial charge on any atom is 0.325 e. The molecule has 0 aliphatic carbocycles. The van der Waals surface area contributed by atoms with E-state index in [0.717, 1.165) is 0 Å². The molecule has 110 valence electrons. The first kappa shape index (κ1) is 15.6. The zero-order valence-corrected chi connectivity index (χ0v) is 11.5. The van der Waals surface area contributed by atoms with Crippen LogP contribution in [0, 0.1) is 24.0 Å². The van der Waals surface area contributed by atoms with E-state index in [2.05, 4.69) is 15.2 Å². The molecule has 0 fully saturated rings. The summed E-state index contributed by atoms with van der Waals surface area (Å²) in [5.74, 6) is -0.897. The standard InChI is InChI=1S/C11H16N4O5/c1-7-11(15(18)19)8(2)14(13-7)5-4-9(16)12-6-10(17)20-3/h4-6H2,1-3H3,(H,12,16). The van der Waals surface area contributed by atoms with Gasteiger partial charge in [-0.15, -0.1) is 0 Å². The van der Waals surface area contributed by atoms with Crippen molar-refractivity contribution in [2.45, 2.75) is 26.8 Å². The van der Waals surface area contributed by atoms with E-state index in [1.807, 2.05) is 0 Å². The van der Waals surface area contributed by atoms with Gasteiger partial charge in [-0.25, -0.2) is 0 Å². The zero-order chi connectivity index (χ0) is 15.3. The molecule has 0 atom stereocenters. The minimum Gasteiger partial charge on any atom is -0.468 e. The summed E-state index contributed by atoms with van der Waals surface area (Å²) in [5.41, 5.74) is 0.663. The summed E-state index contributed by atoms with van der Waals surface area (Å²) in [4.78, 5) is 32.6. The van der Waals surface area contributed by atoms with E-state index >= 15 is 0 Å². The van der Waals surface area contributed by atoms with Crippen LogP contribution in [0.25, 0.3) is 0 Å². The van der Waals surface area contributed by atoms with Crippen molar-refractivity contribution < 1.29 is 19.2 Å². The second kappa shape index (κ2) is 6.64. The van der Waals surface area contributed by atoms with Crippen LogP contribution in [0.4, 0.5) is 5.69 Å². The molecule has 0 spiro atoms. The highest BCUT2D eigenvalue weighted by Gasteiger charge is 2.21. The molecule has 0 aromatic carbocycles. The lowest BCUT2D eigenvalue weighted by Gasteiger charge is -2.05. The van der Waals surface area contributed by atoms with E-state index in [1.165, 1.54) is 11.8 Å². The molecular weight excluding hydrogens is 268 g/mol. The Hall–Kier alpha value is -2.45. The molecule has 20 heavy (non-hydrogen) atoms. The van der Waals surface area contributed by atoms with Crippen molar-refractivity contribution in [3.63, 3.8) is 0 Å². The highest BCUT2D eigenvalue weighted by atomic mass is 16.6. The zero-order valence-electron chi connectivity index (χ0n) is 11.5. The molecule has 9 heteroatoms. The van der Waals surface area contributed by atoms with E-state index in [0.29, 0.717) is 11.4 Å². The lowest BCUT2D eigenvalue weighted by atomic mass is 10.3. The Morgan fingerprint density at radius 1 is 1.45 bits per heavy atom. The molecule has 0 bridgehead atoms. The second-order valence-electron chi connectivity index (χ2n) is 4.10. The highest BCUT2D eigenvalue weighted by Crippen LogP contribution is 2.21. The largest absolute Gasteiger partial charge is 0.468 e. The number of aryl methyl sites for hydroxylation is 2. The van der Waals surface area contributed by atoms with Gasteiger partial charge >= 0.3 is 11.7 Å². The Labute approximate surface area is 115 Å². The summed E-state index contributed by atoms with van der Waals surface area (Å²) in [6.07, 6.45) is 0.0656. The monoisotopic (exact) mass is 284 g/mol. The molecule has 0 aliphatic heterocycles. The third-order valence-electron chi connectivity index (χ3n) is 2.73. The van der Waals surface area contributed by atoms with Gasteiger partial charge < -0.3 is 10.1 Å². The molecule has 1 rings (SSSR count). The smallest absolute Gasteiger partial charge is 0.325 e. The Bertz CT molecular complexity index is 537. The SMILES string of the molecule is COC(=O)CNC(=O)CCn1nc(C)c([N+](=O)[O-])c1C. The lowest BCUT2D eigenvalue weighted by molar-refractivity contribution is -0.386. The normalized spacial score (nSPS) is 10.2. The molecule has 0 saturated heterocycles. The number of methoxy groups -OCH3 is 1. The van der Waals surface area contributed by atoms with E-state index in [9.17, 15) is 19.7 Å². The summed E-state index contributed by atoms with van der Waals surface area (Å²) >= 11 is 0. The maximum atomic E-state index is 11.5. The maximum absolute atomic E-state index is 11.5. The Morgan fingerprint density at radius 3 is 2.60 bits per heavy atom. The molecule has 0 radical (unpaired) electrons. The van der Waals surface area contributed by atoms with Gasteiger partial charge in [-0.05, 0) is 13.8 Å². The lowest BCUT2D eigenvalue weighted by Crippen LogP contribution is -2.30. The van der Waals surface area contributed by atoms with Crippen LogP contribution < -0.4 is 5.32 Å². The number of nitrogens with one attached hydrogen (secondary N) is 1. The van der Waals surface area contributed by atoms with Crippen LogP contribution in [-0.2, 0) is 20.9 Å². The van der Waals surface area contributed by atoms with Crippen molar-refractivity contribution in [2.24, 2.45) is 0 Å². The first-order chi connectivity index (χ1) is 9.36. The predicted octanol–water partition coefficient (Wildman–Crippen LogP) is 0.0874. The van der Waals surface area contributed by atoms with Crippen LogP contribution in [0.5, 0.6) is 0 Å². The number of carbonyl (C=O) groups excluding carboxylic acids is 2. The summed E-state index contributed by atoms with van der Waals surface area (Å²) in [5, 5.41) is 17.2. The number of ether oxygens (including phenoxy) is 1. The van der Waals surface area contributed by atoms with Gasteiger partial charge in [0.2, 0.25) is 5.91 Å². The van der Waals surface area contributed by atoms with Crippen molar-refractivity contribution in [1.82, 2.24) is 15.1 Å². The van der Waals surface area contributed by atoms with E-state index in [1.54, 1.807) is 13.8 Å². The van der Waals surface area contributed by atoms with Gasteiger partial charge in [0.15, 0.2) is 0 Å². The predicted molar refractivity (Wildman–Crippen MR) is 68.0 cm³/mol. The minimum atomic E-state index is -0.542. The van der Waals surface area contributed by atoms with Gasteiger partial charge in [0.1, 0.15) is 17.9 Å². The number of hydrogen-bond donors (Lipinski definition) is 1. The van der Waals surface area contributed by atoms with Gasteiger partial charge in [0.25, 0.3) is 0 Å². The molecule has 9 nitrogen and oxygen atoms in total. The van der Waals surface area contributed by atoms with Gasteiger partial charge in [-0.2, -0.15) is 5.10 Å². The Morgan fingerprint density at radius 2 is 2.10 bits per heavy atom. The molecular formula is C11H16N4O5. The van der Waals surface area contributed by atoms with Crippen LogP contribution in [0.1, 0.15) is 17.8 Å². The number of aromatic nitrogens is 2. The van der Waals surface area contributed by atoms with Crippen LogP contribution >= 0.6 is 0 Å². The number of amides is 1. The molecule has 0 saturated carbocycles. The van der Waals surface area contributed by atoms with E-state index < -0.39 is 10.9 Å². The third-order valence-corrected chi connectivity index (χ3v) is 2.73. The van der Waals surface area contributed by atoms with Crippen molar-refractivity contribution in [3.8, 4) is 0 Å². The van der Waals surface area contributed by atoms with E-state index in [-0.39, 0.29) is 31.1 Å². The topological polar surface area (TPSA) is 116 Å². The Kier molecular flexibility index (Phi) is 5.18. The number of carbonyl (C=O) groups is 2. The van der Waals surface area contributed by atoms with Gasteiger partial charge in [0, 0.05) is 6.42 Å². The first-order valence-electron chi connectivity index (χ1n) is 5.88. The van der Waals surface area contributed by atoms with Crippen molar-refractivity contribution >= 4 is 17.6 Å². The van der Waals surface area contributed by atoms with Crippen molar-refractivity contribution in [1.29, 1.82) is 0 Å². The fraction of sp³-hybridized carbons (Fsp3) is 0.545. The average Bonchev–Trinajstić information content (AvgIpc) is 2.68. The van der Waals surface area contributed by atoms with Crippen LogP contribution in [-0.4, -0.2) is 40.2 Å². The second-order valence-corrected chi connectivity index (χ2v) is 4.10. The molecule has 1 aromatic heterocycles. The van der Waals surface area contributed by atoms with Crippen LogP contribution in [0.15, 0.2) is 0 Å². The summed E-state index contributed by atoms with van der Waals surface area (Å²) in [6, 6.07) is 0.